The molecule has 2 aromatic heterocycles. The molecule has 0 aliphatic carbocycles. The number of anilines is 1. The molecule has 3 aromatic rings. The topological polar surface area (TPSA) is 87.4 Å². The third kappa shape index (κ3) is 4.77. The molecule has 8 heteroatoms. The molecule has 0 unspecified atom stereocenters. The molecule has 0 atom stereocenters. The summed E-state index contributed by atoms with van der Waals surface area (Å²) in [7, 11) is 2.18. The van der Waals surface area contributed by atoms with Crippen molar-refractivity contribution in [3.63, 3.8) is 0 Å². The molecule has 0 radical (unpaired) electrons. The van der Waals surface area contributed by atoms with Crippen LogP contribution in [-0.4, -0.2) is 72.0 Å². The van der Waals surface area contributed by atoms with Crippen LogP contribution in [0, 0.1) is 6.92 Å². The molecule has 1 aliphatic rings. The van der Waals surface area contributed by atoms with Crippen molar-refractivity contribution in [1.29, 1.82) is 0 Å². The van der Waals surface area contributed by atoms with Gasteiger partial charge in [-0.25, -0.2) is 9.97 Å². The summed E-state index contributed by atoms with van der Waals surface area (Å²) in [5.41, 5.74) is 7.89. The summed E-state index contributed by atoms with van der Waals surface area (Å²) in [6.07, 6.45) is 2.93. The van der Waals surface area contributed by atoms with Crippen molar-refractivity contribution in [3.8, 4) is 10.6 Å². The van der Waals surface area contributed by atoms with Crippen molar-refractivity contribution >= 4 is 33.3 Å². The van der Waals surface area contributed by atoms with Crippen LogP contribution in [0.15, 0.2) is 30.5 Å². The molecule has 3 N–H and O–H groups in total. The normalized spacial score (nSPS) is 15.5. The standard InChI is InChI=1S/C22H28N6OS/c1-15-14-25-22(24-6-3-7-28-10-8-27(2)9-11-28)26-20(15)19-12-16-4-5-17(21(23)29)13-18(16)30-19/h4-5,12-14H,3,6-11H2,1-2H3,(H2,23,29)(H,24,25,26). The van der Waals surface area contributed by atoms with Gasteiger partial charge in [-0.15, -0.1) is 11.3 Å². The first-order chi connectivity index (χ1) is 14.5. The Labute approximate surface area is 180 Å². The van der Waals surface area contributed by atoms with Gasteiger partial charge in [-0.3, -0.25) is 4.79 Å². The molecule has 0 spiro atoms. The van der Waals surface area contributed by atoms with E-state index in [1.807, 2.05) is 25.3 Å². The van der Waals surface area contributed by atoms with Crippen LogP contribution in [0.1, 0.15) is 22.3 Å². The highest BCUT2D eigenvalue weighted by Gasteiger charge is 2.14. The third-order valence-electron chi connectivity index (χ3n) is 5.54. The van der Waals surface area contributed by atoms with Crippen molar-refractivity contribution in [1.82, 2.24) is 19.8 Å². The Morgan fingerprint density at radius 1 is 1.23 bits per heavy atom. The van der Waals surface area contributed by atoms with Crippen LogP contribution in [0.5, 0.6) is 0 Å². The summed E-state index contributed by atoms with van der Waals surface area (Å²) in [6.45, 7) is 8.55. The number of thiophene rings is 1. The molecule has 7 nitrogen and oxygen atoms in total. The number of piperazine rings is 1. The van der Waals surface area contributed by atoms with E-state index in [2.05, 4.69) is 33.2 Å². The van der Waals surface area contributed by atoms with Gasteiger partial charge in [0.2, 0.25) is 11.9 Å². The number of nitrogens with zero attached hydrogens (tertiary/aromatic N) is 4. The number of primary amides is 1. The van der Waals surface area contributed by atoms with Gasteiger partial charge >= 0.3 is 0 Å². The van der Waals surface area contributed by atoms with E-state index in [1.54, 1.807) is 17.4 Å². The Bertz CT molecular complexity index is 1040. The molecule has 0 saturated carbocycles. The molecule has 4 rings (SSSR count). The highest BCUT2D eigenvalue weighted by molar-refractivity contribution is 7.22. The highest BCUT2D eigenvalue weighted by Crippen LogP contribution is 2.34. The molecule has 1 saturated heterocycles. The zero-order chi connectivity index (χ0) is 21.1. The van der Waals surface area contributed by atoms with Gasteiger partial charge in [0, 0.05) is 49.2 Å². The lowest BCUT2D eigenvalue weighted by molar-refractivity contribution is 0.100. The van der Waals surface area contributed by atoms with Gasteiger partial charge in [-0.2, -0.15) is 0 Å². The molecular formula is C22H28N6OS. The number of aryl methyl sites for hydroxylation is 1. The second-order valence-corrected chi connectivity index (χ2v) is 8.96. The van der Waals surface area contributed by atoms with E-state index in [4.69, 9.17) is 10.7 Å². The molecule has 1 fully saturated rings. The number of benzene rings is 1. The number of likely N-dealkylation sites (N-methyl/N-ethyl adjacent to an activating group) is 1. The number of hydrogen-bond acceptors (Lipinski definition) is 7. The van der Waals surface area contributed by atoms with Crippen LogP contribution in [0.25, 0.3) is 20.7 Å². The quantitative estimate of drug-likeness (QED) is 0.567. The number of amides is 1. The summed E-state index contributed by atoms with van der Waals surface area (Å²) in [5, 5.41) is 4.46. The monoisotopic (exact) mass is 424 g/mol. The van der Waals surface area contributed by atoms with Crippen LogP contribution in [0.3, 0.4) is 0 Å². The van der Waals surface area contributed by atoms with Gasteiger partial charge in [-0.05, 0) is 56.1 Å². The average Bonchev–Trinajstić information content (AvgIpc) is 3.16. The lowest BCUT2D eigenvalue weighted by Gasteiger charge is -2.32. The van der Waals surface area contributed by atoms with Gasteiger partial charge in [-0.1, -0.05) is 6.07 Å². The third-order valence-corrected chi connectivity index (χ3v) is 6.64. The van der Waals surface area contributed by atoms with Crippen molar-refractivity contribution in [2.75, 3.05) is 51.6 Å². The molecule has 3 heterocycles. The summed E-state index contributed by atoms with van der Waals surface area (Å²) >= 11 is 1.62. The SMILES string of the molecule is Cc1cnc(NCCCN2CCN(C)CC2)nc1-c1cc2ccc(C(N)=O)cc2s1. The van der Waals surface area contributed by atoms with Crippen molar-refractivity contribution in [3.05, 3.63) is 41.6 Å². The minimum absolute atomic E-state index is 0.409. The lowest BCUT2D eigenvalue weighted by atomic mass is 10.1. The van der Waals surface area contributed by atoms with E-state index in [0.29, 0.717) is 11.5 Å². The van der Waals surface area contributed by atoms with E-state index in [0.717, 1.165) is 71.9 Å². The zero-order valence-electron chi connectivity index (χ0n) is 17.5. The highest BCUT2D eigenvalue weighted by atomic mass is 32.1. The second-order valence-electron chi connectivity index (χ2n) is 7.88. The number of nitrogens with one attached hydrogen (secondary N) is 1. The van der Waals surface area contributed by atoms with Crippen molar-refractivity contribution < 1.29 is 4.79 Å². The van der Waals surface area contributed by atoms with Gasteiger partial charge in [0.1, 0.15) is 0 Å². The van der Waals surface area contributed by atoms with Crippen LogP contribution >= 0.6 is 11.3 Å². The number of rotatable bonds is 7. The van der Waals surface area contributed by atoms with Crippen LogP contribution in [0.2, 0.25) is 0 Å². The smallest absolute Gasteiger partial charge is 0.248 e. The maximum Gasteiger partial charge on any atom is 0.248 e. The van der Waals surface area contributed by atoms with Gasteiger partial charge < -0.3 is 20.9 Å². The molecule has 0 bridgehead atoms. The largest absolute Gasteiger partial charge is 0.366 e. The molecule has 158 valence electrons. The molecule has 1 aromatic carbocycles. The van der Waals surface area contributed by atoms with Gasteiger partial charge in [0.25, 0.3) is 0 Å². The maximum atomic E-state index is 11.5. The number of nitrogens with two attached hydrogens (primary N) is 1. The van der Waals surface area contributed by atoms with Gasteiger partial charge in [0.05, 0.1) is 10.6 Å². The number of carbonyl (C=O) groups excluding carboxylic acids is 1. The van der Waals surface area contributed by atoms with Crippen molar-refractivity contribution in [2.24, 2.45) is 5.73 Å². The number of carbonyl (C=O) groups is 1. The molecule has 1 amide bonds. The van der Waals surface area contributed by atoms with Crippen molar-refractivity contribution in [2.45, 2.75) is 13.3 Å². The van der Waals surface area contributed by atoms with Crippen LogP contribution in [-0.2, 0) is 0 Å². The first-order valence-corrected chi connectivity index (χ1v) is 11.1. The van der Waals surface area contributed by atoms with E-state index in [9.17, 15) is 4.79 Å². The summed E-state index contributed by atoms with van der Waals surface area (Å²) in [6, 6.07) is 7.65. The summed E-state index contributed by atoms with van der Waals surface area (Å²) in [5.74, 6) is 0.248. The van der Waals surface area contributed by atoms with Gasteiger partial charge in [0.15, 0.2) is 0 Å². The predicted molar refractivity (Wildman–Crippen MR) is 123 cm³/mol. The Balaban J connectivity index is 1.41. The van der Waals surface area contributed by atoms with E-state index < -0.39 is 5.91 Å². The second kappa shape index (κ2) is 9.07. The molecule has 30 heavy (non-hydrogen) atoms. The number of aromatic nitrogens is 2. The molecule has 1 aliphatic heterocycles. The zero-order valence-corrected chi connectivity index (χ0v) is 18.3. The Kier molecular flexibility index (Phi) is 6.26. The fourth-order valence-corrected chi connectivity index (χ4v) is 4.81. The summed E-state index contributed by atoms with van der Waals surface area (Å²) in [4.78, 5) is 26.6. The van der Waals surface area contributed by atoms with E-state index >= 15 is 0 Å². The van der Waals surface area contributed by atoms with Crippen LogP contribution < -0.4 is 11.1 Å². The van der Waals surface area contributed by atoms with E-state index in [1.165, 1.54) is 0 Å². The minimum Gasteiger partial charge on any atom is -0.366 e. The Hall–Kier alpha value is -2.55. The lowest BCUT2D eigenvalue weighted by Crippen LogP contribution is -2.44. The fraction of sp³-hybridized carbons (Fsp3) is 0.409. The Morgan fingerprint density at radius 3 is 2.80 bits per heavy atom. The van der Waals surface area contributed by atoms with E-state index in [-0.39, 0.29) is 0 Å². The maximum absolute atomic E-state index is 11.5. The molecular weight excluding hydrogens is 396 g/mol. The summed E-state index contributed by atoms with van der Waals surface area (Å²) < 4.78 is 1.03. The first-order valence-electron chi connectivity index (χ1n) is 10.3. The average molecular weight is 425 g/mol. The fourth-order valence-electron chi connectivity index (χ4n) is 3.65. The number of hydrogen-bond donors (Lipinski definition) is 2. The number of fused-ring (bicyclic) bond motifs is 1. The minimum atomic E-state index is -0.409. The predicted octanol–water partition coefficient (Wildman–Crippen LogP) is 2.82. The van der Waals surface area contributed by atoms with Crippen LogP contribution in [0.4, 0.5) is 5.95 Å². The first kappa shape index (κ1) is 20.7. The Morgan fingerprint density at radius 2 is 2.03 bits per heavy atom.